The Morgan fingerprint density at radius 1 is 1.28 bits per heavy atom. The summed E-state index contributed by atoms with van der Waals surface area (Å²) >= 11 is 0. The Labute approximate surface area is 107 Å². The number of sulfone groups is 1. The normalized spacial score (nSPS) is 28.6. The minimum absolute atomic E-state index is 0.119. The highest BCUT2D eigenvalue weighted by Gasteiger charge is 2.28. The van der Waals surface area contributed by atoms with E-state index in [-0.39, 0.29) is 17.5 Å². The van der Waals surface area contributed by atoms with Gasteiger partial charge in [-0.05, 0) is 12.8 Å². The van der Waals surface area contributed by atoms with E-state index in [2.05, 4.69) is 15.3 Å². The van der Waals surface area contributed by atoms with Crippen LogP contribution in [0.1, 0.15) is 49.2 Å². The average Bonchev–Trinajstić information content (AvgIpc) is 2.99. The van der Waals surface area contributed by atoms with Crippen molar-refractivity contribution >= 4 is 9.84 Å². The van der Waals surface area contributed by atoms with Gasteiger partial charge in [-0.15, -0.1) is 0 Å². The molecule has 1 aliphatic heterocycles. The highest BCUT2D eigenvalue weighted by molar-refractivity contribution is 7.91. The molecule has 0 amide bonds. The van der Waals surface area contributed by atoms with Crippen LogP contribution < -0.4 is 5.32 Å². The number of nitrogens with one attached hydrogen (secondary N) is 2. The van der Waals surface area contributed by atoms with E-state index < -0.39 is 9.84 Å². The van der Waals surface area contributed by atoms with Crippen molar-refractivity contribution < 1.29 is 8.42 Å². The van der Waals surface area contributed by atoms with Crippen LogP contribution in [-0.4, -0.2) is 36.4 Å². The quantitative estimate of drug-likeness (QED) is 0.844. The van der Waals surface area contributed by atoms with Crippen molar-refractivity contribution in [3.8, 4) is 0 Å². The minimum atomic E-state index is -2.90. The summed E-state index contributed by atoms with van der Waals surface area (Å²) < 4.78 is 23.2. The summed E-state index contributed by atoms with van der Waals surface area (Å²) in [7, 11) is -2.90. The van der Waals surface area contributed by atoms with Crippen LogP contribution in [0.25, 0.3) is 0 Å². The SMILES string of the molecule is O=S1(=O)CCNC(c2cnc(C3CCCC3)[nH]2)C1. The standard InChI is InChI=1S/C12H19N3O2S/c16-18(17)6-5-13-11(8-18)10-7-14-12(15-10)9-3-1-2-4-9/h7,9,11,13H,1-6,8H2,(H,14,15). The van der Waals surface area contributed by atoms with Crippen LogP contribution in [0.3, 0.4) is 0 Å². The zero-order valence-corrected chi connectivity index (χ0v) is 11.2. The summed E-state index contributed by atoms with van der Waals surface area (Å²) in [5, 5.41) is 3.24. The Morgan fingerprint density at radius 3 is 2.78 bits per heavy atom. The molecule has 0 radical (unpaired) electrons. The van der Waals surface area contributed by atoms with Crippen LogP contribution in [-0.2, 0) is 9.84 Å². The molecular formula is C12H19N3O2S. The molecule has 1 aliphatic carbocycles. The Hall–Kier alpha value is -0.880. The van der Waals surface area contributed by atoms with E-state index in [1.807, 2.05) is 0 Å². The third-order valence-electron chi connectivity index (χ3n) is 3.96. The number of hydrogen-bond acceptors (Lipinski definition) is 4. The molecule has 0 bridgehead atoms. The van der Waals surface area contributed by atoms with Gasteiger partial charge in [0.15, 0.2) is 9.84 Å². The van der Waals surface area contributed by atoms with Crippen molar-refractivity contribution in [2.24, 2.45) is 0 Å². The predicted molar refractivity (Wildman–Crippen MR) is 69.2 cm³/mol. The van der Waals surface area contributed by atoms with E-state index in [1.54, 1.807) is 6.20 Å². The molecular weight excluding hydrogens is 250 g/mol. The molecule has 100 valence electrons. The fourth-order valence-electron chi connectivity index (χ4n) is 2.92. The van der Waals surface area contributed by atoms with Crippen LogP contribution in [0.2, 0.25) is 0 Å². The second-order valence-electron chi connectivity index (χ2n) is 5.33. The van der Waals surface area contributed by atoms with Gasteiger partial charge in [0.25, 0.3) is 0 Å². The van der Waals surface area contributed by atoms with Crippen molar-refractivity contribution in [3.63, 3.8) is 0 Å². The van der Waals surface area contributed by atoms with Gasteiger partial charge in [-0.2, -0.15) is 0 Å². The Morgan fingerprint density at radius 2 is 2.06 bits per heavy atom. The van der Waals surface area contributed by atoms with Gasteiger partial charge in [0.2, 0.25) is 0 Å². The zero-order valence-electron chi connectivity index (χ0n) is 10.4. The molecule has 0 spiro atoms. The zero-order chi connectivity index (χ0) is 12.6. The topological polar surface area (TPSA) is 74.8 Å². The molecule has 1 aromatic heterocycles. The lowest BCUT2D eigenvalue weighted by atomic mass is 10.1. The first-order valence-electron chi connectivity index (χ1n) is 6.63. The van der Waals surface area contributed by atoms with E-state index in [4.69, 9.17) is 0 Å². The van der Waals surface area contributed by atoms with E-state index in [0.717, 1.165) is 11.5 Å². The number of H-pyrrole nitrogens is 1. The maximum Gasteiger partial charge on any atom is 0.153 e. The third kappa shape index (κ3) is 2.44. The largest absolute Gasteiger partial charge is 0.344 e. The number of aromatic nitrogens is 2. The Balaban J connectivity index is 1.76. The van der Waals surface area contributed by atoms with Crippen LogP contribution >= 0.6 is 0 Å². The fraction of sp³-hybridized carbons (Fsp3) is 0.750. The molecule has 3 rings (SSSR count). The van der Waals surface area contributed by atoms with E-state index in [9.17, 15) is 8.42 Å². The molecule has 2 fully saturated rings. The molecule has 18 heavy (non-hydrogen) atoms. The highest BCUT2D eigenvalue weighted by atomic mass is 32.2. The van der Waals surface area contributed by atoms with E-state index in [1.165, 1.54) is 25.7 Å². The number of rotatable bonds is 2. The maximum absolute atomic E-state index is 11.6. The smallest absolute Gasteiger partial charge is 0.153 e. The average molecular weight is 269 g/mol. The van der Waals surface area contributed by atoms with Gasteiger partial charge in [-0.25, -0.2) is 13.4 Å². The van der Waals surface area contributed by atoms with E-state index in [0.29, 0.717) is 12.5 Å². The van der Waals surface area contributed by atoms with Gasteiger partial charge in [-0.1, -0.05) is 12.8 Å². The lowest BCUT2D eigenvalue weighted by molar-refractivity contribution is 0.524. The molecule has 6 heteroatoms. The molecule has 1 aromatic rings. The van der Waals surface area contributed by atoms with Crippen LogP contribution in [0.4, 0.5) is 0 Å². The Kier molecular flexibility index (Phi) is 3.15. The molecule has 1 saturated carbocycles. The fourth-order valence-corrected chi connectivity index (χ4v) is 4.32. The van der Waals surface area contributed by atoms with Gasteiger partial charge >= 0.3 is 0 Å². The van der Waals surface area contributed by atoms with Crippen LogP contribution in [0.15, 0.2) is 6.20 Å². The van der Waals surface area contributed by atoms with Gasteiger partial charge in [0.05, 0.1) is 23.2 Å². The number of imidazole rings is 1. The van der Waals surface area contributed by atoms with Crippen molar-refractivity contribution in [2.45, 2.75) is 37.6 Å². The highest BCUT2D eigenvalue weighted by Crippen LogP contribution is 2.32. The number of nitrogens with zero attached hydrogens (tertiary/aromatic N) is 1. The van der Waals surface area contributed by atoms with Gasteiger partial charge < -0.3 is 10.3 Å². The van der Waals surface area contributed by atoms with Gasteiger partial charge in [-0.3, -0.25) is 0 Å². The number of hydrogen-bond donors (Lipinski definition) is 2. The van der Waals surface area contributed by atoms with Gasteiger partial charge in [0.1, 0.15) is 5.82 Å². The van der Waals surface area contributed by atoms with E-state index >= 15 is 0 Å². The summed E-state index contributed by atoms with van der Waals surface area (Å²) in [4.78, 5) is 7.76. The second kappa shape index (κ2) is 4.66. The second-order valence-corrected chi connectivity index (χ2v) is 7.55. The molecule has 1 unspecified atom stereocenters. The molecule has 2 N–H and O–H groups in total. The molecule has 1 saturated heterocycles. The first-order chi connectivity index (χ1) is 8.64. The maximum atomic E-state index is 11.6. The summed E-state index contributed by atoms with van der Waals surface area (Å²) in [5.41, 5.74) is 0.917. The number of aromatic amines is 1. The molecule has 2 aliphatic rings. The predicted octanol–water partition coefficient (Wildman–Crippen LogP) is 1.13. The van der Waals surface area contributed by atoms with Crippen molar-refractivity contribution in [1.29, 1.82) is 0 Å². The third-order valence-corrected chi connectivity index (χ3v) is 5.62. The van der Waals surface area contributed by atoms with Crippen molar-refractivity contribution in [3.05, 3.63) is 17.7 Å². The van der Waals surface area contributed by atoms with Crippen LogP contribution in [0.5, 0.6) is 0 Å². The minimum Gasteiger partial charge on any atom is -0.344 e. The van der Waals surface area contributed by atoms with Gasteiger partial charge in [0, 0.05) is 18.7 Å². The first-order valence-corrected chi connectivity index (χ1v) is 8.45. The molecule has 5 nitrogen and oxygen atoms in total. The summed E-state index contributed by atoms with van der Waals surface area (Å²) in [6.07, 6.45) is 6.74. The first kappa shape index (κ1) is 12.2. The summed E-state index contributed by atoms with van der Waals surface area (Å²) in [5.74, 6) is 2.00. The summed E-state index contributed by atoms with van der Waals surface area (Å²) in [6.45, 7) is 0.533. The molecule has 2 heterocycles. The molecule has 1 atom stereocenters. The Bertz CT molecular complexity index is 517. The lowest BCUT2D eigenvalue weighted by Gasteiger charge is -2.22. The van der Waals surface area contributed by atoms with Crippen molar-refractivity contribution in [2.75, 3.05) is 18.1 Å². The molecule has 0 aromatic carbocycles. The monoisotopic (exact) mass is 269 g/mol. The summed E-state index contributed by atoms with van der Waals surface area (Å²) in [6, 6.07) is -0.119. The van der Waals surface area contributed by atoms with Crippen molar-refractivity contribution in [1.82, 2.24) is 15.3 Å². The lowest BCUT2D eigenvalue weighted by Crippen LogP contribution is -2.39. The van der Waals surface area contributed by atoms with Crippen LogP contribution in [0, 0.1) is 0 Å².